The number of H-pyrrole nitrogens is 1. The Morgan fingerprint density at radius 1 is 1.40 bits per heavy atom. The molecule has 2 aromatic rings. The van der Waals surface area contributed by atoms with Crippen molar-refractivity contribution in [3.8, 4) is 11.6 Å². The molecule has 0 saturated carbocycles. The number of nitrogens with one attached hydrogen (secondary N) is 1. The number of nitrogens with zero attached hydrogens (tertiary/aromatic N) is 1. The number of hydrogen-bond acceptors (Lipinski definition) is 3. The van der Waals surface area contributed by atoms with Gasteiger partial charge in [0.15, 0.2) is 11.6 Å². The smallest absolute Gasteiger partial charge is 0.215 e. The van der Waals surface area contributed by atoms with Crippen molar-refractivity contribution in [2.75, 3.05) is 5.73 Å². The molecule has 0 atom stereocenters. The molecular formula is C9H7ClFN3O. The number of aromatic amines is 1. The fraction of sp³-hybridized carbons (Fsp3) is 0. The average Bonchev–Trinajstić information content (AvgIpc) is 2.72. The van der Waals surface area contributed by atoms with E-state index in [1.165, 1.54) is 18.3 Å². The molecule has 2 rings (SSSR count). The number of anilines is 1. The number of benzene rings is 1. The van der Waals surface area contributed by atoms with Crippen molar-refractivity contribution in [2.45, 2.75) is 0 Å². The molecule has 0 bridgehead atoms. The van der Waals surface area contributed by atoms with Gasteiger partial charge in [0.25, 0.3) is 0 Å². The van der Waals surface area contributed by atoms with Crippen molar-refractivity contribution in [1.82, 2.24) is 10.2 Å². The lowest BCUT2D eigenvalue weighted by Gasteiger charge is -2.06. The van der Waals surface area contributed by atoms with Crippen LogP contribution in [0.3, 0.4) is 0 Å². The monoisotopic (exact) mass is 227 g/mol. The Morgan fingerprint density at radius 2 is 2.20 bits per heavy atom. The summed E-state index contributed by atoms with van der Waals surface area (Å²) in [4.78, 5) is 0. The van der Waals surface area contributed by atoms with Crippen molar-refractivity contribution in [3.63, 3.8) is 0 Å². The van der Waals surface area contributed by atoms with E-state index < -0.39 is 5.82 Å². The quantitative estimate of drug-likeness (QED) is 0.775. The van der Waals surface area contributed by atoms with Gasteiger partial charge in [0.05, 0.1) is 11.9 Å². The van der Waals surface area contributed by atoms with Gasteiger partial charge in [-0.15, -0.1) is 0 Å². The van der Waals surface area contributed by atoms with Crippen molar-refractivity contribution >= 4 is 17.3 Å². The first kappa shape index (κ1) is 9.79. The molecule has 0 unspecified atom stereocenters. The molecule has 3 N–H and O–H groups in total. The maximum Gasteiger partial charge on any atom is 0.215 e. The predicted octanol–water partition coefficient (Wildman–Crippen LogP) is 2.58. The number of ether oxygens (including phenoxy) is 1. The van der Waals surface area contributed by atoms with Crippen molar-refractivity contribution in [3.05, 3.63) is 35.2 Å². The number of rotatable bonds is 2. The van der Waals surface area contributed by atoms with Gasteiger partial charge in [0.1, 0.15) is 5.02 Å². The number of nitrogen functional groups attached to an aromatic ring is 1. The molecule has 0 amide bonds. The van der Waals surface area contributed by atoms with Gasteiger partial charge >= 0.3 is 0 Å². The molecule has 0 spiro atoms. The van der Waals surface area contributed by atoms with Gasteiger partial charge in [-0.3, -0.25) is 0 Å². The van der Waals surface area contributed by atoms with Crippen molar-refractivity contribution in [2.24, 2.45) is 0 Å². The maximum absolute atomic E-state index is 13.3. The average molecular weight is 228 g/mol. The summed E-state index contributed by atoms with van der Waals surface area (Å²) in [5.74, 6) is -0.123. The van der Waals surface area contributed by atoms with Gasteiger partial charge in [-0.2, -0.15) is 5.10 Å². The highest BCUT2D eigenvalue weighted by Crippen LogP contribution is 2.33. The Balaban J connectivity index is 2.34. The molecule has 0 aliphatic carbocycles. The van der Waals surface area contributed by atoms with Crippen LogP contribution in [0.1, 0.15) is 0 Å². The molecule has 1 aromatic carbocycles. The van der Waals surface area contributed by atoms with Crippen LogP contribution in [0.2, 0.25) is 5.02 Å². The van der Waals surface area contributed by atoms with E-state index in [9.17, 15) is 4.39 Å². The normalized spacial score (nSPS) is 10.3. The zero-order valence-electron chi connectivity index (χ0n) is 7.50. The Morgan fingerprint density at radius 3 is 2.87 bits per heavy atom. The van der Waals surface area contributed by atoms with Crippen LogP contribution in [0.4, 0.5) is 10.1 Å². The van der Waals surface area contributed by atoms with Gasteiger partial charge in [-0.05, 0) is 12.1 Å². The van der Waals surface area contributed by atoms with E-state index in [0.29, 0.717) is 5.88 Å². The first-order chi connectivity index (χ1) is 7.18. The largest absolute Gasteiger partial charge is 0.438 e. The zero-order chi connectivity index (χ0) is 10.8. The van der Waals surface area contributed by atoms with Gasteiger partial charge in [-0.1, -0.05) is 11.6 Å². The van der Waals surface area contributed by atoms with E-state index in [-0.39, 0.29) is 16.5 Å². The van der Waals surface area contributed by atoms with Gasteiger partial charge in [-0.25, -0.2) is 9.49 Å². The van der Waals surface area contributed by atoms with Crippen LogP contribution in [0.15, 0.2) is 24.4 Å². The minimum Gasteiger partial charge on any atom is -0.438 e. The summed E-state index contributed by atoms with van der Waals surface area (Å²) in [5.41, 5.74) is 5.31. The van der Waals surface area contributed by atoms with Crippen LogP contribution in [0, 0.1) is 5.82 Å². The predicted molar refractivity (Wildman–Crippen MR) is 54.5 cm³/mol. The fourth-order valence-corrected chi connectivity index (χ4v) is 1.25. The molecular weight excluding hydrogens is 221 g/mol. The molecule has 0 fully saturated rings. The summed E-state index contributed by atoms with van der Waals surface area (Å²) in [6, 6.07) is 4.46. The van der Waals surface area contributed by atoms with Crippen LogP contribution in [0.5, 0.6) is 11.6 Å². The molecule has 1 aromatic heterocycles. The maximum atomic E-state index is 13.3. The summed E-state index contributed by atoms with van der Waals surface area (Å²) in [6.07, 6.45) is 1.51. The molecule has 6 heteroatoms. The van der Waals surface area contributed by atoms with Crippen LogP contribution in [-0.4, -0.2) is 10.2 Å². The second-order valence-electron chi connectivity index (χ2n) is 2.80. The van der Waals surface area contributed by atoms with Crippen LogP contribution < -0.4 is 10.5 Å². The lowest BCUT2D eigenvalue weighted by molar-refractivity contribution is 0.457. The first-order valence-corrected chi connectivity index (χ1v) is 4.47. The molecule has 4 nitrogen and oxygen atoms in total. The second-order valence-corrected chi connectivity index (χ2v) is 3.18. The Kier molecular flexibility index (Phi) is 2.47. The molecule has 15 heavy (non-hydrogen) atoms. The highest BCUT2D eigenvalue weighted by atomic mass is 35.5. The van der Waals surface area contributed by atoms with Crippen molar-refractivity contribution in [1.29, 1.82) is 0 Å². The minimum atomic E-state index is -0.686. The Labute approximate surface area is 89.8 Å². The first-order valence-electron chi connectivity index (χ1n) is 4.09. The summed E-state index contributed by atoms with van der Waals surface area (Å²) >= 11 is 5.70. The Bertz CT molecular complexity index is 472. The summed E-state index contributed by atoms with van der Waals surface area (Å²) < 4.78 is 18.5. The topological polar surface area (TPSA) is 63.9 Å². The molecule has 0 aliphatic rings. The van der Waals surface area contributed by atoms with Gasteiger partial charge in [0, 0.05) is 6.07 Å². The number of halogens is 2. The molecule has 0 radical (unpaired) electrons. The molecule has 1 heterocycles. The van der Waals surface area contributed by atoms with E-state index in [0.717, 1.165) is 0 Å². The van der Waals surface area contributed by atoms with E-state index >= 15 is 0 Å². The second kappa shape index (κ2) is 3.78. The van der Waals surface area contributed by atoms with Crippen LogP contribution in [0.25, 0.3) is 0 Å². The summed E-state index contributed by atoms with van der Waals surface area (Å²) in [7, 11) is 0. The summed E-state index contributed by atoms with van der Waals surface area (Å²) in [6.45, 7) is 0. The van der Waals surface area contributed by atoms with Crippen LogP contribution in [-0.2, 0) is 0 Å². The van der Waals surface area contributed by atoms with Crippen LogP contribution >= 0.6 is 11.6 Å². The third kappa shape index (κ3) is 1.87. The van der Waals surface area contributed by atoms with Gasteiger partial charge in [0.2, 0.25) is 5.88 Å². The molecule has 78 valence electrons. The fourth-order valence-electron chi connectivity index (χ4n) is 1.04. The lowest BCUT2D eigenvalue weighted by Crippen LogP contribution is -1.94. The lowest BCUT2D eigenvalue weighted by atomic mass is 10.3. The third-order valence-corrected chi connectivity index (χ3v) is 2.12. The van der Waals surface area contributed by atoms with E-state index in [4.69, 9.17) is 22.1 Å². The highest BCUT2D eigenvalue weighted by Gasteiger charge is 2.11. The molecule has 0 saturated heterocycles. The third-order valence-electron chi connectivity index (χ3n) is 1.77. The Hall–Kier alpha value is -1.75. The van der Waals surface area contributed by atoms with Crippen molar-refractivity contribution < 1.29 is 9.13 Å². The summed E-state index contributed by atoms with van der Waals surface area (Å²) in [5, 5.41) is 6.09. The number of nitrogens with two attached hydrogens (primary N) is 1. The van der Waals surface area contributed by atoms with E-state index in [1.54, 1.807) is 6.07 Å². The standard InChI is InChI=1S/C9H7ClFN3O/c10-8-6(2-1-5(12)9(8)11)15-7-3-4-13-14-7/h1-4H,12H2,(H,13,14). The molecule has 0 aliphatic heterocycles. The SMILES string of the molecule is Nc1ccc(Oc2ccn[nH]2)c(Cl)c1F. The minimum absolute atomic E-state index is 0.0167. The van der Waals surface area contributed by atoms with E-state index in [1.807, 2.05) is 0 Å². The number of aromatic nitrogens is 2. The highest BCUT2D eigenvalue weighted by molar-refractivity contribution is 6.32. The zero-order valence-corrected chi connectivity index (χ0v) is 8.25. The van der Waals surface area contributed by atoms with Gasteiger partial charge < -0.3 is 10.5 Å². The van der Waals surface area contributed by atoms with E-state index in [2.05, 4.69) is 10.2 Å². The number of hydrogen-bond donors (Lipinski definition) is 2.